The second kappa shape index (κ2) is 6.05. The van der Waals surface area contributed by atoms with Crippen LogP contribution in [0.15, 0.2) is 22.4 Å². The smallest absolute Gasteiger partial charge is 0.307 e. The lowest BCUT2D eigenvalue weighted by Gasteiger charge is -2.16. The number of hydrogen-bond acceptors (Lipinski definition) is 4. The molecule has 1 atom stereocenters. The molecule has 1 unspecified atom stereocenters. The lowest BCUT2D eigenvalue weighted by atomic mass is 9.99. The van der Waals surface area contributed by atoms with Gasteiger partial charge in [0.15, 0.2) is 9.92 Å². The van der Waals surface area contributed by atoms with Gasteiger partial charge in [-0.05, 0) is 60.8 Å². The lowest BCUT2D eigenvalue weighted by Crippen LogP contribution is -2.33. The molecule has 23 heavy (non-hydrogen) atoms. The van der Waals surface area contributed by atoms with E-state index in [0.717, 1.165) is 49.6 Å². The maximum Gasteiger partial charge on any atom is 0.331 e. The van der Waals surface area contributed by atoms with Gasteiger partial charge in [-0.3, -0.25) is 0 Å². The minimum absolute atomic E-state index is 0.622. The Hall–Kier alpha value is -2.33. The van der Waals surface area contributed by atoms with Crippen molar-refractivity contribution in [1.82, 2.24) is 4.72 Å². The molecule has 6 nitrogen and oxygen atoms in total. The summed E-state index contributed by atoms with van der Waals surface area (Å²) in [5, 5.41) is 12.4. The van der Waals surface area contributed by atoms with Crippen molar-refractivity contribution in [2.24, 2.45) is 4.36 Å². The van der Waals surface area contributed by atoms with Gasteiger partial charge in [0.2, 0.25) is 6.19 Å². The van der Waals surface area contributed by atoms with Gasteiger partial charge in [-0.1, -0.05) is 17.0 Å². The number of benzene rings is 1. The summed E-state index contributed by atoms with van der Waals surface area (Å²) in [5.74, 6) is 0. The number of nitriles is 1. The number of nitrogens with zero attached hydrogens (tertiary/aromatic N) is 2. The van der Waals surface area contributed by atoms with E-state index in [4.69, 9.17) is 5.26 Å². The predicted molar refractivity (Wildman–Crippen MR) is 89.0 cm³/mol. The number of hydrogen-bond donors (Lipinski definition) is 2. The molecule has 2 aliphatic rings. The number of urea groups is 1. The molecule has 0 aliphatic heterocycles. The van der Waals surface area contributed by atoms with Crippen LogP contribution in [0.1, 0.15) is 35.1 Å². The highest BCUT2D eigenvalue weighted by molar-refractivity contribution is 7.95. The molecule has 7 heteroatoms. The van der Waals surface area contributed by atoms with Crippen LogP contribution in [0, 0.1) is 11.5 Å². The summed E-state index contributed by atoms with van der Waals surface area (Å²) in [6.45, 7) is 3.36. The molecule has 2 amide bonds. The van der Waals surface area contributed by atoms with Crippen molar-refractivity contribution in [2.75, 3.05) is 5.32 Å². The Morgan fingerprint density at radius 2 is 1.87 bits per heavy atom. The van der Waals surface area contributed by atoms with Crippen LogP contribution in [0.4, 0.5) is 10.5 Å². The zero-order chi connectivity index (χ0) is 16.4. The highest BCUT2D eigenvalue weighted by Gasteiger charge is 2.25. The molecule has 1 aromatic carbocycles. The summed E-state index contributed by atoms with van der Waals surface area (Å²) in [6, 6.07) is 1.65. The molecule has 2 N–H and O–H groups in total. The zero-order valence-electron chi connectivity index (χ0n) is 12.7. The molecule has 0 spiro atoms. The maximum atomic E-state index is 12.2. The molecular weight excluding hydrogens is 312 g/mol. The van der Waals surface area contributed by atoms with Crippen molar-refractivity contribution in [3.63, 3.8) is 0 Å². The molecule has 0 radical (unpaired) electrons. The van der Waals surface area contributed by atoms with Crippen LogP contribution in [0.25, 0.3) is 0 Å². The first-order valence-electron chi connectivity index (χ1n) is 7.59. The van der Waals surface area contributed by atoms with Gasteiger partial charge in [-0.15, -0.1) is 0 Å². The van der Waals surface area contributed by atoms with E-state index >= 15 is 0 Å². The second-order valence-electron chi connectivity index (χ2n) is 5.72. The first-order valence-corrected chi connectivity index (χ1v) is 9.17. The molecule has 120 valence electrons. The molecule has 3 rings (SSSR count). The maximum absolute atomic E-state index is 12.2. The van der Waals surface area contributed by atoms with Gasteiger partial charge in [0.05, 0.1) is 0 Å². The number of carbonyl (C=O) groups is 1. The third-order valence-corrected chi connectivity index (χ3v) is 5.64. The summed E-state index contributed by atoms with van der Waals surface area (Å²) in [7, 11) is -3.26. The molecule has 0 bridgehead atoms. The molecule has 0 aromatic heterocycles. The van der Waals surface area contributed by atoms with Crippen LogP contribution in [0.2, 0.25) is 0 Å². The fourth-order valence-corrected chi connectivity index (χ4v) is 4.04. The van der Waals surface area contributed by atoms with E-state index in [0.29, 0.717) is 0 Å². The Bertz CT molecular complexity index is 812. The van der Waals surface area contributed by atoms with Gasteiger partial charge < -0.3 is 5.32 Å². The Labute approximate surface area is 135 Å². The van der Waals surface area contributed by atoms with E-state index in [1.54, 1.807) is 0 Å². The molecule has 0 saturated heterocycles. The first kappa shape index (κ1) is 15.6. The highest BCUT2D eigenvalue weighted by atomic mass is 32.2. The van der Waals surface area contributed by atoms with Crippen LogP contribution in [-0.4, -0.2) is 10.2 Å². The molecule has 0 saturated carbocycles. The standard InChI is InChI=1S/C16H18N4O2S/c1-2-23(22,18-10-17)20-16(21)19-15-13-7-3-5-11(13)9-12-6-4-8-14(12)15/h2,9H,1,3-8H2,(H2,18,19,20,21,22). The van der Waals surface area contributed by atoms with Crippen LogP contribution in [0.5, 0.6) is 0 Å². The molecule has 1 aromatic rings. The Kier molecular flexibility index (Phi) is 4.09. The fourth-order valence-electron chi connectivity index (χ4n) is 3.40. The zero-order valence-corrected chi connectivity index (χ0v) is 13.5. The summed E-state index contributed by atoms with van der Waals surface area (Å²) < 4.78 is 17.6. The van der Waals surface area contributed by atoms with Gasteiger partial charge in [0.25, 0.3) is 0 Å². The molecule has 2 aliphatic carbocycles. The highest BCUT2D eigenvalue weighted by Crippen LogP contribution is 2.38. The third kappa shape index (κ3) is 2.94. The number of rotatable bonds is 3. The minimum Gasteiger partial charge on any atom is -0.307 e. The number of aryl methyl sites for hydroxylation is 2. The summed E-state index contributed by atoms with van der Waals surface area (Å²) in [6.07, 6.45) is 7.57. The third-order valence-electron chi connectivity index (χ3n) is 4.35. The fraction of sp³-hybridized carbons (Fsp3) is 0.375. The van der Waals surface area contributed by atoms with Crippen LogP contribution < -0.4 is 10.0 Å². The van der Waals surface area contributed by atoms with E-state index in [1.165, 1.54) is 28.4 Å². The van der Waals surface area contributed by atoms with Gasteiger partial charge in [0.1, 0.15) is 0 Å². The Morgan fingerprint density at radius 1 is 1.26 bits per heavy atom. The van der Waals surface area contributed by atoms with Crippen molar-refractivity contribution in [3.05, 3.63) is 40.3 Å². The van der Waals surface area contributed by atoms with E-state index in [2.05, 4.69) is 27.0 Å². The quantitative estimate of drug-likeness (QED) is 0.834. The second-order valence-corrected chi connectivity index (χ2v) is 7.57. The number of anilines is 1. The minimum atomic E-state index is -3.26. The van der Waals surface area contributed by atoms with E-state index in [-0.39, 0.29) is 0 Å². The summed E-state index contributed by atoms with van der Waals surface area (Å²) in [4.78, 5) is 12.2. The van der Waals surface area contributed by atoms with Crippen LogP contribution in [0.3, 0.4) is 0 Å². The van der Waals surface area contributed by atoms with Gasteiger partial charge in [0, 0.05) is 11.1 Å². The Balaban J connectivity index is 1.91. The summed E-state index contributed by atoms with van der Waals surface area (Å²) >= 11 is 0. The number of nitrogens with one attached hydrogen (secondary N) is 2. The van der Waals surface area contributed by atoms with Gasteiger partial charge in [-0.25, -0.2) is 13.7 Å². The van der Waals surface area contributed by atoms with Gasteiger partial charge in [-0.2, -0.15) is 5.26 Å². The number of fused-ring (bicyclic) bond motifs is 2. The molecule has 0 heterocycles. The average molecular weight is 330 g/mol. The summed E-state index contributed by atoms with van der Waals surface area (Å²) in [5.41, 5.74) is 5.82. The largest absolute Gasteiger partial charge is 0.331 e. The van der Waals surface area contributed by atoms with Crippen molar-refractivity contribution >= 4 is 21.6 Å². The van der Waals surface area contributed by atoms with Crippen molar-refractivity contribution in [2.45, 2.75) is 38.5 Å². The number of carbonyl (C=O) groups excluding carboxylic acids is 1. The van der Waals surface area contributed by atoms with E-state index in [1.807, 2.05) is 0 Å². The SMILES string of the molecule is C=CS(=O)(=NC#N)NC(=O)Nc1c2c(cc3c1CCC3)CCC2. The molecular formula is C16H18N4O2S. The predicted octanol–water partition coefficient (Wildman–Crippen LogP) is 2.79. The Morgan fingerprint density at radius 3 is 2.39 bits per heavy atom. The van der Waals surface area contributed by atoms with Crippen molar-refractivity contribution in [1.29, 1.82) is 5.26 Å². The van der Waals surface area contributed by atoms with Crippen LogP contribution in [-0.2, 0) is 35.6 Å². The van der Waals surface area contributed by atoms with Crippen molar-refractivity contribution in [3.8, 4) is 6.19 Å². The van der Waals surface area contributed by atoms with Gasteiger partial charge >= 0.3 is 6.03 Å². The number of amides is 2. The normalized spacial score (nSPS) is 17.3. The van der Waals surface area contributed by atoms with E-state index in [9.17, 15) is 9.00 Å². The van der Waals surface area contributed by atoms with E-state index < -0.39 is 15.9 Å². The topological polar surface area (TPSA) is 94.3 Å². The average Bonchev–Trinajstić information content (AvgIpc) is 3.15. The van der Waals surface area contributed by atoms with Crippen LogP contribution >= 0.6 is 0 Å². The first-order chi connectivity index (χ1) is 11.1. The van der Waals surface area contributed by atoms with Crippen molar-refractivity contribution < 1.29 is 9.00 Å². The monoisotopic (exact) mass is 330 g/mol. The molecule has 0 fully saturated rings. The lowest BCUT2D eigenvalue weighted by molar-refractivity contribution is 0.257.